The summed E-state index contributed by atoms with van der Waals surface area (Å²) in [7, 11) is 0. The van der Waals surface area contributed by atoms with Gasteiger partial charge in [-0.2, -0.15) is 22.0 Å². The van der Waals surface area contributed by atoms with Crippen LogP contribution in [-0.2, 0) is 11.3 Å². The Morgan fingerprint density at radius 1 is 1.11 bits per heavy atom. The van der Waals surface area contributed by atoms with Crippen LogP contribution in [0.1, 0.15) is 60.4 Å². The molecule has 1 saturated heterocycles. The fourth-order valence-corrected chi connectivity index (χ4v) is 3.80. The predicted octanol–water partition coefficient (Wildman–Crippen LogP) is 4.31. The molecule has 1 aromatic heterocycles. The van der Waals surface area contributed by atoms with Crippen molar-refractivity contribution in [1.82, 2.24) is 15.2 Å². The lowest BCUT2D eigenvalue weighted by molar-refractivity contribution is -0.290. The van der Waals surface area contributed by atoms with E-state index in [0.717, 1.165) is 32.4 Å². The Morgan fingerprint density at radius 3 is 2.22 bits per heavy atom. The van der Waals surface area contributed by atoms with Crippen molar-refractivity contribution in [2.24, 2.45) is 0 Å². The van der Waals surface area contributed by atoms with Gasteiger partial charge in [-0.25, -0.2) is 4.98 Å². The summed E-state index contributed by atoms with van der Waals surface area (Å²) in [5.41, 5.74) is -2.27. The van der Waals surface area contributed by atoms with Gasteiger partial charge in [0.2, 0.25) is 0 Å². The largest absolute Gasteiger partial charge is 0.459 e. The lowest BCUT2D eigenvalue weighted by Gasteiger charge is -2.26. The highest BCUT2D eigenvalue weighted by Gasteiger charge is 2.62. The Balaban J connectivity index is 2.20. The van der Waals surface area contributed by atoms with Crippen molar-refractivity contribution in [2.75, 3.05) is 26.2 Å². The Labute approximate surface area is 159 Å². The van der Waals surface area contributed by atoms with E-state index in [2.05, 4.69) is 15.2 Å². The van der Waals surface area contributed by atoms with Gasteiger partial charge in [-0.1, -0.05) is 27.2 Å². The molecular weight excluding hydrogens is 389 g/mol. The van der Waals surface area contributed by atoms with Gasteiger partial charge < -0.3 is 10.2 Å². The first-order valence-electron chi connectivity index (χ1n) is 8.81. The number of amides is 1. The molecule has 0 atom stereocenters. The highest BCUT2D eigenvalue weighted by molar-refractivity contribution is 7.14. The van der Waals surface area contributed by atoms with E-state index in [1.54, 1.807) is 20.8 Å². The first-order valence-corrected chi connectivity index (χ1v) is 9.62. The maximum absolute atomic E-state index is 13.9. The zero-order valence-electron chi connectivity index (χ0n) is 15.6. The molecule has 0 aromatic carbocycles. The van der Waals surface area contributed by atoms with Crippen LogP contribution in [0.5, 0.6) is 0 Å². The molecule has 1 amide bonds. The van der Waals surface area contributed by atoms with Crippen molar-refractivity contribution in [1.29, 1.82) is 0 Å². The first-order chi connectivity index (χ1) is 12.3. The van der Waals surface area contributed by atoms with Gasteiger partial charge in [0.15, 0.2) is 0 Å². The van der Waals surface area contributed by atoms with E-state index in [1.165, 1.54) is 0 Å². The molecule has 0 unspecified atom stereocenters. The predicted molar refractivity (Wildman–Crippen MR) is 93.4 cm³/mol. The van der Waals surface area contributed by atoms with E-state index in [0.29, 0.717) is 17.9 Å². The van der Waals surface area contributed by atoms with Crippen LogP contribution in [0, 0.1) is 0 Å². The number of nitrogens with zero attached hydrogens (tertiary/aromatic N) is 2. The Kier molecular flexibility index (Phi) is 6.51. The molecule has 0 radical (unpaired) electrons. The number of halogens is 5. The maximum atomic E-state index is 13.9. The van der Waals surface area contributed by atoms with E-state index >= 15 is 0 Å². The Morgan fingerprint density at radius 2 is 1.70 bits per heavy atom. The number of hydrogen-bond acceptors (Lipinski definition) is 4. The van der Waals surface area contributed by atoms with E-state index < -0.39 is 34.0 Å². The molecule has 2 heterocycles. The number of aromatic nitrogens is 1. The van der Waals surface area contributed by atoms with Crippen LogP contribution in [0.4, 0.5) is 22.0 Å². The smallest absolute Gasteiger partial charge is 0.350 e. The highest BCUT2D eigenvalue weighted by atomic mass is 32.1. The number of likely N-dealkylation sites (tertiary alicyclic amines) is 1. The van der Waals surface area contributed by atoms with Crippen molar-refractivity contribution < 1.29 is 26.7 Å². The van der Waals surface area contributed by atoms with E-state index in [4.69, 9.17) is 0 Å². The number of piperidine rings is 1. The zero-order chi connectivity index (χ0) is 20.5. The number of nitrogens with one attached hydrogen (secondary N) is 1. The van der Waals surface area contributed by atoms with Gasteiger partial charge in [0, 0.05) is 18.5 Å². The molecule has 1 N–H and O–H groups in total. The van der Waals surface area contributed by atoms with E-state index in [1.807, 2.05) is 0 Å². The first kappa shape index (κ1) is 22.0. The third-order valence-corrected chi connectivity index (χ3v) is 5.77. The summed E-state index contributed by atoms with van der Waals surface area (Å²) in [6, 6.07) is 0. The van der Waals surface area contributed by atoms with Crippen LogP contribution in [0.3, 0.4) is 0 Å². The monoisotopic (exact) mass is 413 g/mol. The molecule has 1 aliphatic heterocycles. The van der Waals surface area contributed by atoms with Gasteiger partial charge in [-0.05, 0) is 25.9 Å². The Hall–Kier alpha value is -1.29. The van der Waals surface area contributed by atoms with Crippen LogP contribution in [0.2, 0.25) is 0 Å². The second kappa shape index (κ2) is 7.98. The highest BCUT2D eigenvalue weighted by Crippen LogP contribution is 2.46. The average Bonchev–Trinajstić information content (AvgIpc) is 3.01. The SMILES string of the molecule is CC(C)(C)c1nc(C(F)(F)C(F)(F)F)c(C(=O)NCCN2CCCCC2)s1. The van der Waals surface area contributed by atoms with E-state index in [-0.39, 0.29) is 11.6 Å². The second-order valence-electron chi connectivity index (χ2n) is 7.68. The number of carbonyl (C=O) groups is 1. The average molecular weight is 413 g/mol. The van der Waals surface area contributed by atoms with Crippen molar-refractivity contribution >= 4 is 17.2 Å². The summed E-state index contributed by atoms with van der Waals surface area (Å²) >= 11 is 0.587. The molecule has 1 aromatic rings. The van der Waals surface area contributed by atoms with Gasteiger partial charge >= 0.3 is 12.1 Å². The molecule has 0 spiro atoms. The molecule has 0 aliphatic carbocycles. The Bertz CT molecular complexity index is 661. The van der Waals surface area contributed by atoms with Crippen molar-refractivity contribution in [3.8, 4) is 0 Å². The third-order valence-electron chi connectivity index (χ3n) is 4.29. The van der Waals surface area contributed by atoms with Crippen molar-refractivity contribution in [2.45, 2.75) is 57.5 Å². The fraction of sp³-hybridized carbons (Fsp3) is 0.765. The normalized spacial score (nSPS) is 17.2. The number of alkyl halides is 5. The van der Waals surface area contributed by atoms with Crippen molar-refractivity contribution in [3.05, 3.63) is 15.6 Å². The number of carbonyl (C=O) groups excluding carboxylic acids is 1. The van der Waals surface area contributed by atoms with E-state index in [9.17, 15) is 26.7 Å². The van der Waals surface area contributed by atoms with Crippen LogP contribution >= 0.6 is 11.3 Å². The topological polar surface area (TPSA) is 45.2 Å². The minimum absolute atomic E-state index is 0.0580. The second-order valence-corrected chi connectivity index (χ2v) is 8.68. The molecule has 1 aliphatic rings. The molecule has 10 heteroatoms. The van der Waals surface area contributed by atoms with Crippen LogP contribution in [0.15, 0.2) is 0 Å². The van der Waals surface area contributed by atoms with Gasteiger partial charge in [-0.15, -0.1) is 11.3 Å². The van der Waals surface area contributed by atoms with Crippen LogP contribution in [0.25, 0.3) is 0 Å². The van der Waals surface area contributed by atoms with Gasteiger partial charge in [0.1, 0.15) is 10.6 Å². The van der Waals surface area contributed by atoms with Crippen molar-refractivity contribution in [3.63, 3.8) is 0 Å². The number of thiazole rings is 1. The van der Waals surface area contributed by atoms with Crippen LogP contribution in [-0.4, -0.2) is 48.1 Å². The summed E-state index contributed by atoms with van der Waals surface area (Å²) in [6.45, 7) is 7.41. The molecule has 0 bridgehead atoms. The molecule has 154 valence electrons. The lowest BCUT2D eigenvalue weighted by atomic mass is 9.98. The molecule has 27 heavy (non-hydrogen) atoms. The third kappa shape index (κ3) is 5.16. The molecule has 1 fully saturated rings. The molecule has 2 rings (SSSR count). The van der Waals surface area contributed by atoms with Gasteiger partial charge in [-0.3, -0.25) is 4.79 Å². The standard InChI is InChI=1S/C17H24F5N3OS/c1-15(2,3)14-24-12(16(18,19)17(20,21)22)11(27-14)13(26)23-7-10-25-8-5-4-6-9-25/h4-10H2,1-3H3,(H,23,26). The minimum atomic E-state index is -5.82. The quantitative estimate of drug-likeness (QED) is 0.732. The number of hydrogen-bond donors (Lipinski definition) is 1. The summed E-state index contributed by atoms with van der Waals surface area (Å²) < 4.78 is 66.4. The summed E-state index contributed by atoms with van der Waals surface area (Å²) in [6.07, 6.45) is -2.56. The summed E-state index contributed by atoms with van der Waals surface area (Å²) in [5, 5.41) is 2.52. The molecular formula is C17H24F5N3OS. The van der Waals surface area contributed by atoms with Gasteiger partial charge in [0.25, 0.3) is 5.91 Å². The number of rotatable bonds is 5. The minimum Gasteiger partial charge on any atom is -0.350 e. The van der Waals surface area contributed by atoms with Crippen LogP contribution < -0.4 is 5.32 Å². The summed E-state index contributed by atoms with van der Waals surface area (Å²) in [5.74, 6) is -6.13. The summed E-state index contributed by atoms with van der Waals surface area (Å²) in [4.78, 5) is 17.3. The maximum Gasteiger partial charge on any atom is 0.459 e. The molecule has 0 saturated carbocycles. The zero-order valence-corrected chi connectivity index (χ0v) is 16.4. The lowest BCUT2D eigenvalue weighted by Crippen LogP contribution is -2.39. The fourth-order valence-electron chi connectivity index (χ4n) is 2.73. The molecule has 4 nitrogen and oxygen atoms in total. The van der Waals surface area contributed by atoms with Gasteiger partial charge in [0.05, 0.1) is 5.01 Å².